The van der Waals surface area contributed by atoms with Crippen molar-refractivity contribution in [2.24, 2.45) is 0 Å². The van der Waals surface area contributed by atoms with E-state index in [2.05, 4.69) is 29.0 Å². The molecule has 0 saturated heterocycles. The average Bonchev–Trinajstić information content (AvgIpc) is 2.59. The number of ether oxygens (including phenoxy) is 2. The Bertz CT molecular complexity index is 778. The van der Waals surface area contributed by atoms with E-state index in [-0.39, 0.29) is 24.5 Å². The van der Waals surface area contributed by atoms with Crippen LogP contribution in [-0.4, -0.2) is 46.2 Å². The van der Waals surface area contributed by atoms with Gasteiger partial charge in [0.15, 0.2) is 9.84 Å². The Morgan fingerprint density at radius 3 is 2.54 bits per heavy atom. The van der Waals surface area contributed by atoms with Crippen molar-refractivity contribution < 1.29 is 22.7 Å². The van der Waals surface area contributed by atoms with Gasteiger partial charge in [-0.3, -0.25) is 4.79 Å². The summed E-state index contributed by atoms with van der Waals surface area (Å²) in [7, 11) is -2.05. The van der Waals surface area contributed by atoms with Gasteiger partial charge in [0.1, 0.15) is 0 Å². The zero-order chi connectivity index (χ0) is 17.4. The summed E-state index contributed by atoms with van der Waals surface area (Å²) in [5.41, 5.74) is 1.18. The zero-order valence-corrected chi connectivity index (χ0v) is 14.6. The van der Waals surface area contributed by atoms with Crippen LogP contribution in [-0.2, 0) is 30.5 Å². The molecule has 0 bridgehead atoms. The molecular weight excluding hydrogens is 328 g/mol. The van der Waals surface area contributed by atoms with Gasteiger partial charge in [0.05, 0.1) is 38.3 Å². The number of methoxy groups -OCH3 is 1. The fourth-order valence-electron chi connectivity index (χ4n) is 2.42. The van der Waals surface area contributed by atoms with Crippen molar-refractivity contribution >= 4 is 26.6 Å². The number of hydrogen-bond acceptors (Lipinski definition) is 5. The fourth-order valence-corrected chi connectivity index (χ4v) is 3.48. The highest BCUT2D eigenvalue weighted by Gasteiger charge is 2.13. The third kappa shape index (κ3) is 5.62. The molecule has 5 nitrogen and oxygen atoms in total. The number of rotatable bonds is 9. The van der Waals surface area contributed by atoms with Crippen LogP contribution < -0.4 is 0 Å². The van der Waals surface area contributed by atoms with Gasteiger partial charge in [-0.25, -0.2) is 8.42 Å². The number of fused-ring (bicyclic) bond motifs is 1. The second-order valence-corrected chi connectivity index (χ2v) is 7.78. The lowest BCUT2D eigenvalue weighted by atomic mass is 10.0. The summed E-state index contributed by atoms with van der Waals surface area (Å²) in [6, 6.07) is 14.3. The monoisotopic (exact) mass is 350 g/mol. The molecule has 0 unspecified atom stereocenters. The average molecular weight is 350 g/mol. The normalized spacial score (nSPS) is 11.5. The van der Waals surface area contributed by atoms with Gasteiger partial charge in [-0.15, -0.1) is 0 Å². The molecule has 0 radical (unpaired) electrons. The maximum atomic E-state index is 11.8. The highest BCUT2D eigenvalue weighted by atomic mass is 32.2. The van der Waals surface area contributed by atoms with Gasteiger partial charge in [-0.2, -0.15) is 0 Å². The lowest BCUT2D eigenvalue weighted by Gasteiger charge is -2.08. The molecule has 0 spiro atoms. The summed E-state index contributed by atoms with van der Waals surface area (Å²) < 4.78 is 33.4. The molecule has 24 heavy (non-hydrogen) atoms. The summed E-state index contributed by atoms with van der Waals surface area (Å²) in [4.78, 5) is 11.0. The van der Waals surface area contributed by atoms with E-state index in [0.717, 1.165) is 6.42 Å². The van der Waals surface area contributed by atoms with Gasteiger partial charge in [0.25, 0.3) is 0 Å². The molecule has 2 aromatic carbocycles. The van der Waals surface area contributed by atoms with Crippen LogP contribution in [0.5, 0.6) is 0 Å². The van der Waals surface area contributed by atoms with Crippen molar-refractivity contribution in [3.05, 3.63) is 48.0 Å². The molecule has 130 valence electrons. The van der Waals surface area contributed by atoms with Gasteiger partial charge < -0.3 is 9.47 Å². The number of esters is 1. The van der Waals surface area contributed by atoms with Crippen molar-refractivity contribution in [2.75, 3.05) is 31.8 Å². The Morgan fingerprint density at radius 1 is 1.00 bits per heavy atom. The molecule has 6 heteroatoms. The van der Waals surface area contributed by atoms with Crippen LogP contribution in [0.2, 0.25) is 0 Å². The Morgan fingerprint density at radius 2 is 1.75 bits per heavy atom. The Kier molecular flexibility index (Phi) is 6.75. The molecule has 2 aromatic rings. The largest absolute Gasteiger partial charge is 0.469 e. The standard InChI is InChI=1S/C18H22O5S/c1-22-18(19)10-13-24(20,21)14-12-23-11-9-16-7-4-6-15-5-2-3-8-17(15)16/h2-8H,9-14H2,1H3. The molecule has 0 aliphatic heterocycles. The lowest BCUT2D eigenvalue weighted by Crippen LogP contribution is -2.19. The maximum absolute atomic E-state index is 11.8. The predicted molar refractivity (Wildman–Crippen MR) is 93.8 cm³/mol. The summed E-state index contributed by atoms with van der Waals surface area (Å²) in [6.45, 7) is 0.592. The summed E-state index contributed by atoms with van der Waals surface area (Å²) >= 11 is 0. The second-order valence-electron chi connectivity index (χ2n) is 5.48. The molecule has 0 aliphatic carbocycles. The van der Waals surface area contributed by atoms with Crippen molar-refractivity contribution in [1.29, 1.82) is 0 Å². The maximum Gasteiger partial charge on any atom is 0.306 e. The first-order valence-electron chi connectivity index (χ1n) is 7.83. The number of carbonyl (C=O) groups is 1. The first-order valence-corrected chi connectivity index (χ1v) is 9.65. The minimum absolute atomic E-state index is 0.0838. The fraction of sp³-hybridized carbons (Fsp3) is 0.389. The van der Waals surface area contributed by atoms with E-state index < -0.39 is 15.8 Å². The van der Waals surface area contributed by atoms with Crippen LogP contribution in [0.3, 0.4) is 0 Å². The van der Waals surface area contributed by atoms with Crippen molar-refractivity contribution in [3.63, 3.8) is 0 Å². The first kappa shape index (κ1) is 18.4. The topological polar surface area (TPSA) is 69.7 Å². The third-order valence-corrected chi connectivity index (χ3v) is 5.39. The summed E-state index contributed by atoms with van der Waals surface area (Å²) in [6.07, 6.45) is 0.610. The number of sulfone groups is 1. The van der Waals surface area contributed by atoms with Crippen LogP contribution >= 0.6 is 0 Å². The van der Waals surface area contributed by atoms with E-state index in [0.29, 0.717) is 6.61 Å². The number of hydrogen-bond donors (Lipinski definition) is 0. The molecule has 0 fully saturated rings. The molecule has 0 N–H and O–H groups in total. The first-order chi connectivity index (χ1) is 11.5. The van der Waals surface area contributed by atoms with E-state index in [1.807, 2.05) is 18.2 Å². The molecule has 0 atom stereocenters. The van der Waals surface area contributed by atoms with E-state index >= 15 is 0 Å². The third-order valence-electron chi connectivity index (χ3n) is 3.78. The van der Waals surface area contributed by atoms with Crippen LogP contribution in [0.15, 0.2) is 42.5 Å². The van der Waals surface area contributed by atoms with Gasteiger partial charge >= 0.3 is 5.97 Å². The minimum atomic E-state index is -3.29. The van der Waals surface area contributed by atoms with Gasteiger partial charge in [-0.05, 0) is 22.8 Å². The highest BCUT2D eigenvalue weighted by Crippen LogP contribution is 2.18. The molecule has 0 amide bonds. The molecule has 0 aliphatic rings. The van der Waals surface area contributed by atoms with E-state index in [1.165, 1.54) is 23.4 Å². The predicted octanol–water partition coefficient (Wildman–Crippen LogP) is 2.38. The smallest absolute Gasteiger partial charge is 0.306 e. The summed E-state index contributed by atoms with van der Waals surface area (Å²) in [5.74, 6) is -0.804. The molecular formula is C18H22O5S. The number of carbonyl (C=O) groups excluding carboxylic acids is 1. The molecule has 0 heterocycles. The molecule has 0 saturated carbocycles. The molecule has 0 aromatic heterocycles. The van der Waals surface area contributed by atoms with Crippen LogP contribution in [0.1, 0.15) is 12.0 Å². The lowest BCUT2D eigenvalue weighted by molar-refractivity contribution is -0.140. The Labute approximate surface area is 142 Å². The van der Waals surface area contributed by atoms with Gasteiger partial charge in [0.2, 0.25) is 0 Å². The minimum Gasteiger partial charge on any atom is -0.469 e. The number of benzene rings is 2. The van der Waals surface area contributed by atoms with E-state index in [9.17, 15) is 13.2 Å². The van der Waals surface area contributed by atoms with Crippen molar-refractivity contribution in [3.8, 4) is 0 Å². The van der Waals surface area contributed by atoms with Crippen LogP contribution in [0.25, 0.3) is 10.8 Å². The van der Waals surface area contributed by atoms with E-state index in [4.69, 9.17) is 4.74 Å². The van der Waals surface area contributed by atoms with Gasteiger partial charge in [0, 0.05) is 0 Å². The van der Waals surface area contributed by atoms with Crippen LogP contribution in [0, 0.1) is 0 Å². The van der Waals surface area contributed by atoms with Crippen molar-refractivity contribution in [1.82, 2.24) is 0 Å². The van der Waals surface area contributed by atoms with Crippen LogP contribution in [0.4, 0.5) is 0 Å². The zero-order valence-electron chi connectivity index (χ0n) is 13.7. The summed E-state index contributed by atoms with van der Waals surface area (Å²) in [5, 5.41) is 2.37. The SMILES string of the molecule is COC(=O)CCS(=O)(=O)CCOCCc1cccc2ccccc12. The van der Waals surface area contributed by atoms with E-state index in [1.54, 1.807) is 0 Å². The second kappa shape index (κ2) is 8.80. The Balaban J connectivity index is 1.76. The molecule has 2 rings (SSSR count). The van der Waals surface area contributed by atoms with Crippen molar-refractivity contribution in [2.45, 2.75) is 12.8 Å². The van der Waals surface area contributed by atoms with Gasteiger partial charge in [-0.1, -0.05) is 42.5 Å². The quantitative estimate of drug-likeness (QED) is 0.513. The Hall–Kier alpha value is -1.92. The highest BCUT2D eigenvalue weighted by molar-refractivity contribution is 7.91.